The van der Waals surface area contributed by atoms with E-state index >= 15 is 0 Å². The number of nitrogens with zero attached hydrogens (tertiary/aromatic N) is 2. The van der Waals surface area contributed by atoms with Crippen LogP contribution in [0.1, 0.15) is 15.9 Å². The fraction of sp³-hybridized carbons (Fsp3) is 0. The zero-order chi connectivity index (χ0) is 24.0. The number of carbonyl (C=O) groups excluding carboxylic acids is 2. The van der Waals surface area contributed by atoms with Gasteiger partial charge in [0.2, 0.25) is 0 Å². The van der Waals surface area contributed by atoms with Gasteiger partial charge >= 0.3 is 0 Å². The Bertz CT molecular complexity index is 1270. The van der Waals surface area contributed by atoms with Crippen LogP contribution in [0.3, 0.4) is 0 Å². The summed E-state index contributed by atoms with van der Waals surface area (Å²) in [6, 6.07) is 16.7. The number of anilines is 1. The molecule has 3 rings (SSSR count). The lowest BCUT2D eigenvalue weighted by atomic mass is 10.1. The van der Waals surface area contributed by atoms with E-state index in [9.17, 15) is 29.8 Å². The minimum atomic E-state index is -0.745. The van der Waals surface area contributed by atoms with Crippen LogP contribution < -0.4 is 10.6 Å². The fourth-order valence-corrected chi connectivity index (χ4v) is 2.93. The molecular weight excluding hydrogens is 452 g/mol. The van der Waals surface area contributed by atoms with Gasteiger partial charge in [0.15, 0.2) is 0 Å². The van der Waals surface area contributed by atoms with Crippen LogP contribution in [0.15, 0.2) is 78.5 Å². The number of nitrogens with one attached hydrogen (secondary N) is 2. The molecule has 0 bridgehead atoms. The van der Waals surface area contributed by atoms with Crippen LogP contribution >= 0.6 is 11.6 Å². The van der Waals surface area contributed by atoms with E-state index in [1.165, 1.54) is 66.7 Å². The largest absolute Gasteiger partial charge is 0.321 e. The van der Waals surface area contributed by atoms with E-state index in [2.05, 4.69) is 10.6 Å². The van der Waals surface area contributed by atoms with Gasteiger partial charge in [0.1, 0.15) is 5.70 Å². The summed E-state index contributed by atoms with van der Waals surface area (Å²) < 4.78 is 0. The lowest BCUT2D eigenvalue weighted by molar-refractivity contribution is -0.385. The van der Waals surface area contributed by atoms with Crippen molar-refractivity contribution in [2.24, 2.45) is 0 Å². The topological polar surface area (TPSA) is 144 Å². The van der Waals surface area contributed by atoms with Crippen LogP contribution in [0.25, 0.3) is 6.08 Å². The minimum Gasteiger partial charge on any atom is -0.321 e. The Balaban J connectivity index is 1.92. The molecule has 33 heavy (non-hydrogen) atoms. The van der Waals surface area contributed by atoms with E-state index in [1.54, 1.807) is 12.1 Å². The van der Waals surface area contributed by atoms with Crippen molar-refractivity contribution in [1.82, 2.24) is 5.32 Å². The molecule has 0 spiro atoms. The molecular formula is C22H15ClN4O6. The summed E-state index contributed by atoms with van der Waals surface area (Å²) in [6.07, 6.45) is 1.27. The predicted octanol–water partition coefficient (Wildman–Crippen LogP) is 4.57. The number of carbonyl (C=O) groups is 2. The number of rotatable bonds is 7. The van der Waals surface area contributed by atoms with Crippen molar-refractivity contribution >= 4 is 46.6 Å². The molecule has 2 amide bonds. The lowest BCUT2D eigenvalue weighted by Gasteiger charge is -2.11. The Labute approximate surface area is 191 Å². The molecule has 0 aliphatic heterocycles. The maximum Gasteiger partial charge on any atom is 0.272 e. The molecule has 0 saturated carbocycles. The number of halogens is 1. The van der Waals surface area contributed by atoms with Crippen molar-refractivity contribution in [3.63, 3.8) is 0 Å². The zero-order valence-electron chi connectivity index (χ0n) is 16.7. The molecule has 166 valence electrons. The van der Waals surface area contributed by atoms with Crippen molar-refractivity contribution < 1.29 is 19.4 Å². The van der Waals surface area contributed by atoms with Crippen LogP contribution in [0.5, 0.6) is 0 Å². The molecule has 0 unspecified atom stereocenters. The van der Waals surface area contributed by atoms with Crippen LogP contribution in [-0.2, 0) is 4.79 Å². The van der Waals surface area contributed by atoms with Crippen LogP contribution in [0.4, 0.5) is 17.1 Å². The molecule has 3 aromatic rings. The Morgan fingerprint density at radius 1 is 0.848 bits per heavy atom. The normalized spacial score (nSPS) is 10.9. The Morgan fingerprint density at radius 2 is 1.52 bits per heavy atom. The van der Waals surface area contributed by atoms with Gasteiger partial charge in [0.25, 0.3) is 23.2 Å². The van der Waals surface area contributed by atoms with Crippen LogP contribution in [-0.4, -0.2) is 21.7 Å². The van der Waals surface area contributed by atoms with Gasteiger partial charge in [-0.2, -0.15) is 0 Å². The predicted molar refractivity (Wildman–Crippen MR) is 122 cm³/mol. The fourth-order valence-electron chi connectivity index (χ4n) is 2.74. The Kier molecular flexibility index (Phi) is 7.11. The summed E-state index contributed by atoms with van der Waals surface area (Å²) in [7, 11) is 0. The molecule has 0 aromatic heterocycles. The number of non-ortho nitro benzene ring substituents is 2. The first-order chi connectivity index (χ1) is 15.7. The van der Waals surface area contributed by atoms with Gasteiger partial charge in [-0.25, -0.2) is 0 Å². The first kappa shape index (κ1) is 23.1. The molecule has 2 N–H and O–H groups in total. The molecule has 0 atom stereocenters. The molecule has 0 heterocycles. The average molecular weight is 467 g/mol. The number of nitro benzene ring substituents is 2. The highest BCUT2D eigenvalue weighted by atomic mass is 35.5. The van der Waals surface area contributed by atoms with Gasteiger partial charge in [0, 0.05) is 40.5 Å². The summed E-state index contributed by atoms with van der Waals surface area (Å²) in [5, 5.41) is 27.2. The highest BCUT2D eigenvalue weighted by Crippen LogP contribution is 2.19. The highest BCUT2D eigenvalue weighted by molar-refractivity contribution is 6.31. The first-order valence-electron chi connectivity index (χ1n) is 9.32. The van der Waals surface area contributed by atoms with Gasteiger partial charge in [-0.1, -0.05) is 29.8 Å². The van der Waals surface area contributed by atoms with E-state index in [0.29, 0.717) is 10.6 Å². The lowest BCUT2D eigenvalue weighted by Crippen LogP contribution is -2.30. The van der Waals surface area contributed by atoms with Crippen molar-refractivity contribution in [1.29, 1.82) is 0 Å². The van der Waals surface area contributed by atoms with Gasteiger partial charge in [-0.15, -0.1) is 0 Å². The third kappa shape index (κ3) is 6.21. The standard InChI is InChI=1S/C22H15ClN4O6/c23-16-5-2-4-15(13-16)21(28)25-20(12-14-3-1-6-19(11-14)27(32)33)22(29)24-17-7-9-18(10-8-17)26(30)31/h1-13H,(H,24,29)(H,25,28)/b20-12-. The summed E-state index contributed by atoms with van der Waals surface area (Å²) >= 11 is 5.92. The maximum absolute atomic E-state index is 12.9. The quantitative estimate of drug-likeness (QED) is 0.296. The minimum absolute atomic E-state index is 0.158. The van der Waals surface area contributed by atoms with Crippen LogP contribution in [0.2, 0.25) is 5.02 Å². The number of benzene rings is 3. The van der Waals surface area contributed by atoms with E-state index < -0.39 is 21.7 Å². The molecule has 0 fully saturated rings. The summed E-state index contributed by atoms with van der Waals surface area (Å²) in [6.45, 7) is 0. The molecule has 11 heteroatoms. The number of hydrogen-bond acceptors (Lipinski definition) is 6. The Hall–Kier alpha value is -4.57. The summed E-state index contributed by atoms with van der Waals surface area (Å²) in [5.41, 5.74) is 0.168. The second-order valence-corrected chi connectivity index (χ2v) is 7.07. The van der Waals surface area contributed by atoms with Crippen molar-refractivity contribution in [2.45, 2.75) is 0 Å². The van der Waals surface area contributed by atoms with E-state index in [-0.39, 0.29) is 28.3 Å². The van der Waals surface area contributed by atoms with Crippen molar-refractivity contribution in [2.75, 3.05) is 5.32 Å². The van der Waals surface area contributed by atoms with E-state index in [0.717, 1.165) is 0 Å². The summed E-state index contributed by atoms with van der Waals surface area (Å²) in [5.74, 6) is -1.38. The molecule has 10 nitrogen and oxygen atoms in total. The third-order valence-electron chi connectivity index (χ3n) is 4.31. The number of nitro groups is 2. The smallest absolute Gasteiger partial charge is 0.272 e. The van der Waals surface area contributed by atoms with Gasteiger partial charge < -0.3 is 10.6 Å². The second kappa shape index (κ2) is 10.2. The van der Waals surface area contributed by atoms with Gasteiger partial charge in [-0.3, -0.25) is 29.8 Å². The molecule has 0 aliphatic rings. The Morgan fingerprint density at radius 3 is 2.15 bits per heavy atom. The van der Waals surface area contributed by atoms with E-state index in [1.807, 2.05) is 0 Å². The zero-order valence-corrected chi connectivity index (χ0v) is 17.5. The van der Waals surface area contributed by atoms with Crippen molar-refractivity contribution in [3.8, 4) is 0 Å². The van der Waals surface area contributed by atoms with Crippen LogP contribution in [0, 0.1) is 20.2 Å². The van der Waals surface area contributed by atoms with E-state index in [4.69, 9.17) is 11.6 Å². The number of amides is 2. The maximum atomic E-state index is 12.9. The average Bonchev–Trinajstić information content (AvgIpc) is 2.79. The third-order valence-corrected chi connectivity index (χ3v) is 4.54. The SMILES string of the molecule is O=C(Nc1ccc([N+](=O)[O-])cc1)/C(=C/c1cccc([N+](=O)[O-])c1)NC(=O)c1cccc(Cl)c1. The monoisotopic (exact) mass is 466 g/mol. The van der Waals surface area contributed by atoms with Gasteiger partial charge in [-0.05, 0) is 42.0 Å². The second-order valence-electron chi connectivity index (χ2n) is 6.63. The molecule has 0 saturated heterocycles. The first-order valence-corrected chi connectivity index (χ1v) is 9.69. The summed E-state index contributed by atoms with van der Waals surface area (Å²) in [4.78, 5) is 46.3. The number of hydrogen-bond donors (Lipinski definition) is 2. The highest BCUT2D eigenvalue weighted by Gasteiger charge is 2.17. The van der Waals surface area contributed by atoms with Crippen molar-refractivity contribution in [3.05, 3.63) is 115 Å². The molecule has 3 aromatic carbocycles. The molecule has 0 radical (unpaired) electrons. The van der Waals surface area contributed by atoms with Gasteiger partial charge in [0.05, 0.1) is 9.85 Å². The molecule has 0 aliphatic carbocycles.